The molecule has 0 bridgehead atoms. The first-order valence-corrected chi connectivity index (χ1v) is 4.61. The zero-order valence-corrected chi connectivity index (χ0v) is 6.58. The van der Waals surface area contributed by atoms with E-state index >= 15 is 0 Å². The molecule has 7 heavy (non-hydrogen) atoms. The molecule has 0 spiro atoms. The van der Waals surface area contributed by atoms with Gasteiger partial charge in [0, 0.05) is 0 Å². The molecule has 0 saturated carbocycles. The Morgan fingerprint density at radius 3 is 1.71 bits per heavy atom. The summed E-state index contributed by atoms with van der Waals surface area (Å²) in [6.07, 6.45) is 2.78. The minimum Gasteiger partial charge on any atom is -0.317 e. The van der Waals surface area contributed by atoms with Gasteiger partial charge in [0.2, 0.25) is 0 Å². The van der Waals surface area contributed by atoms with E-state index in [-0.39, 0.29) is 0 Å². The monoisotopic (exact) mass is 130 g/mol. The first kappa shape index (κ1) is 8.02. The number of rotatable bonds is 0. The molecule has 1 saturated heterocycles. The Hall–Kier alpha value is 1.02. The van der Waals surface area contributed by atoms with Crippen LogP contribution in [0.5, 0.6) is 0 Å². The van der Waals surface area contributed by atoms with Gasteiger partial charge in [0.25, 0.3) is 0 Å². The lowest BCUT2D eigenvalue weighted by molar-refractivity contribution is 0.857. The smallest absolute Gasteiger partial charge is 0.317 e. The lowest BCUT2D eigenvalue weighted by atomic mass is 10.4. The van der Waals surface area contributed by atoms with E-state index in [2.05, 4.69) is 14.4 Å². The van der Waals surface area contributed by atoms with Gasteiger partial charge >= 0.3 is 29.7 Å². The van der Waals surface area contributed by atoms with Gasteiger partial charge in [-0.1, -0.05) is 0 Å². The predicted molar refractivity (Wildman–Crippen MR) is 33.7 cm³/mol. The first-order valence-electron chi connectivity index (χ1n) is 2.47. The quantitative estimate of drug-likeness (QED) is 0.476. The number of hydrogen-bond acceptors (Lipinski definition) is 1. The number of halogens is 1. The van der Waals surface area contributed by atoms with Crippen molar-refractivity contribution >= 4 is 29.7 Å². The van der Waals surface area contributed by atoms with Crippen LogP contribution in [0.15, 0.2) is 0 Å². The van der Waals surface area contributed by atoms with E-state index in [1.807, 2.05) is 0 Å². The molecule has 0 aliphatic carbocycles. The Morgan fingerprint density at radius 1 is 1.14 bits per heavy atom. The summed E-state index contributed by atoms with van der Waals surface area (Å²) in [6.45, 7) is 2.50. The largest absolute Gasteiger partial charge is 1.59 e. The van der Waals surface area contributed by atoms with Crippen LogP contribution < -0.4 is 5.32 Å². The molecular weight excluding hydrogens is 122 g/mol. The second kappa shape index (κ2) is 7.02. The molecule has 1 nitrogen and oxygen atoms in total. The molecule has 37 valence electrons. The van der Waals surface area contributed by atoms with Crippen LogP contribution in [0.4, 0.5) is 0 Å². The predicted octanol–water partition coefficient (Wildman–Crippen LogP) is 0.678. The SMILES string of the molecule is C1CCNC1.[Mg+2][Cl]. The van der Waals surface area contributed by atoms with Gasteiger partial charge in [0.05, 0.1) is 0 Å². The minimum absolute atomic E-state index is 1.25. The van der Waals surface area contributed by atoms with Gasteiger partial charge in [-0.3, -0.25) is 0 Å². The summed E-state index contributed by atoms with van der Waals surface area (Å²) < 4.78 is 0. The summed E-state index contributed by atoms with van der Waals surface area (Å²) in [7, 11) is 4.67. The molecule has 0 atom stereocenters. The van der Waals surface area contributed by atoms with Gasteiger partial charge in [-0.25, -0.2) is 0 Å². The fraction of sp³-hybridized carbons (Fsp3) is 1.00. The van der Waals surface area contributed by atoms with E-state index in [1.54, 1.807) is 0 Å². The highest BCUT2D eigenvalue weighted by Crippen LogP contribution is 1.90. The maximum Gasteiger partial charge on any atom is 1.59 e. The van der Waals surface area contributed by atoms with Crippen LogP contribution in [0.2, 0.25) is 0 Å². The number of hydrogen-bond donors (Lipinski definition) is 1. The molecule has 1 fully saturated rings. The standard InChI is InChI=1S/C4H9N.ClH.Mg/c1-2-4-5-3-1;;/h5H,1-4H2;1H;/q;;+3/p-1. The normalized spacial score (nSPS) is 18.0. The molecule has 1 N–H and O–H groups in total. The van der Waals surface area contributed by atoms with Crippen molar-refractivity contribution < 1.29 is 0 Å². The average molecular weight is 131 g/mol. The van der Waals surface area contributed by atoms with Crippen LogP contribution in [-0.4, -0.2) is 33.7 Å². The summed E-state index contributed by atoms with van der Waals surface area (Å²) in [5.41, 5.74) is 0. The third-order valence-corrected chi connectivity index (χ3v) is 0.957. The molecule has 0 aromatic carbocycles. The highest BCUT2D eigenvalue weighted by atomic mass is 35.5. The third-order valence-electron chi connectivity index (χ3n) is 0.957. The van der Waals surface area contributed by atoms with Crippen molar-refractivity contribution in [1.82, 2.24) is 5.32 Å². The third kappa shape index (κ3) is 4.88. The topological polar surface area (TPSA) is 12.0 Å². The van der Waals surface area contributed by atoms with Crippen LogP contribution in [0, 0.1) is 0 Å². The molecule has 0 amide bonds. The number of nitrogens with one attached hydrogen (secondary N) is 1. The van der Waals surface area contributed by atoms with Crippen LogP contribution in [-0.2, 0) is 0 Å². The summed E-state index contributed by atoms with van der Waals surface area (Å²) in [5, 5.41) is 3.22. The molecule has 0 aromatic rings. The van der Waals surface area contributed by atoms with Crippen molar-refractivity contribution in [2.24, 2.45) is 0 Å². The fourth-order valence-electron chi connectivity index (χ4n) is 0.625. The Kier molecular flexibility index (Phi) is 8.03. The molecule has 0 unspecified atom stereocenters. The highest BCUT2D eigenvalue weighted by Gasteiger charge is 2.16. The molecule has 7 radical (unpaired) electrons. The van der Waals surface area contributed by atoms with Crippen LogP contribution in [0.3, 0.4) is 0 Å². The summed E-state index contributed by atoms with van der Waals surface area (Å²) in [6, 6.07) is 0. The second-order valence-corrected chi connectivity index (χ2v) is 1.46. The molecular formula is C4H9ClMgN+2. The van der Waals surface area contributed by atoms with Crippen LogP contribution in [0.25, 0.3) is 0 Å². The zero-order valence-electron chi connectivity index (χ0n) is 4.41. The van der Waals surface area contributed by atoms with Gasteiger partial charge < -0.3 is 5.32 Å². The second-order valence-electron chi connectivity index (χ2n) is 1.46. The Bertz CT molecular complexity index is 23.3. The van der Waals surface area contributed by atoms with Gasteiger partial charge in [-0.15, -0.1) is 0 Å². The van der Waals surface area contributed by atoms with Crippen molar-refractivity contribution in [2.75, 3.05) is 13.1 Å². The van der Waals surface area contributed by atoms with Crippen LogP contribution >= 0.6 is 9.07 Å². The summed E-state index contributed by atoms with van der Waals surface area (Å²) in [5.74, 6) is 0. The fourth-order valence-corrected chi connectivity index (χ4v) is 0.625. The van der Waals surface area contributed by atoms with E-state index in [1.165, 1.54) is 46.5 Å². The van der Waals surface area contributed by atoms with Crippen molar-refractivity contribution in [3.05, 3.63) is 0 Å². The van der Waals surface area contributed by atoms with Gasteiger partial charge in [0.15, 0.2) is 0 Å². The maximum atomic E-state index is 4.67. The van der Waals surface area contributed by atoms with Gasteiger partial charge in [-0.05, 0) is 25.9 Å². The minimum atomic E-state index is 1.25. The van der Waals surface area contributed by atoms with E-state index < -0.39 is 0 Å². The van der Waals surface area contributed by atoms with E-state index in [0.29, 0.717) is 0 Å². The van der Waals surface area contributed by atoms with Gasteiger partial charge in [-0.2, -0.15) is 0 Å². The molecule has 1 aliphatic rings. The van der Waals surface area contributed by atoms with Crippen LogP contribution in [0.1, 0.15) is 12.8 Å². The maximum absolute atomic E-state index is 4.67. The van der Waals surface area contributed by atoms with E-state index in [9.17, 15) is 0 Å². The highest BCUT2D eigenvalue weighted by molar-refractivity contribution is 6.80. The Morgan fingerprint density at radius 2 is 1.57 bits per heavy atom. The van der Waals surface area contributed by atoms with E-state index in [0.717, 1.165) is 0 Å². The van der Waals surface area contributed by atoms with Crippen molar-refractivity contribution in [3.63, 3.8) is 0 Å². The summed E-state index contributed by atoms with van der Waals surface area (Å²) in [4.78, 5) is 0. The van der Waals surface area contributed by atoms with Gasteiger partial charge in [0.1, 0.15) is 0 Å². The lowest BCUT2D eigenvalue weighted by Gasteiger charge is -1.76. The Balaban J connectivity index is 0.000000162. The molecule has 1 aliphatic heterocycles. The van der Waals surface area contributed by atoms with Crippen molar-refractivity contribution in [3.8, 4) is 0 Å². The molecule has 1 rings (SSSR count). The van der Waals surface area contributed by atoms with Crippen molar-refractivity contribution in [2.45, 2.75) is 12.8 Å². The zero-order chi connectivity index (χ0) is 5.54. The summed E-state index contributed by atoms with van der Waals surface area (Å²) >= 11 is 1.33. The Labute approximate surface area is 61.0 Å². The molecule has 1 heterocycles. The average Bonchev–Trinajstić information content (AvgIpc) is 2.23. The lowest BCUT2D eigenvalue weighted by Crippen LogP contribution is -2.03. The van der Waals surface area contributed by atoms with Crippen molar-refractivity contribution in [1.29, 1.82) is 0 Å². The first-order chi connectivity index (χ1) is 3.50. The molecule has 0 aromatic heterocycles. The molecule has 3 heteroatoms. The van der Waals surface area contributed by atoms with E-state index in [4.69, 9.17) is 0 Å².